The molecule has 0 aromatic carbocycles. The van der Waals surface area contributed by atoms with Gasteiger partial charge in [0.15, 0.2) is 6.67 Å². The Balaban J connectivity index is 2.47. The minimum atomic E-state index is -0.797. The predicted octanol–water partition coefficient (Wildman–Crippen LogP) is 0.651. The smallest absolute Gasteiger partial charge is 0.323 e. The number of hydrogen-bond acceptors (Lipinski definition) is 4. The third-order valence-electron chi connectivity index (χ3n) is 3.87. The molecule has 0 spiro atoms. The quantitative estimate of drug-likeness (QED) is 0.486. The van der Waals surface area contributed by atoms with Crippen LogP contribution in [0.4, 0.5) is 5.69 Å². The lowest BCUT2D eigenvalue weighted by Gasteiger charge is -2.28. The van der Waals surface area contributed by atoms with E-state index in [2.05, 4.69) is 12.1 Å². The van der Waals surface area contributed by atoms with E-state index in [0.29, 0.717) is 18.8 Å². The number of carbonyl (C=O) groups excluding carboxylic acids is 1. The Bertz CT molecular complexity index is 546. The van der Waals surface area contributed by atoms with Crippen LogP contribution in [-0.2, 0) is 13.1 Å². The van der Waals surface area contributed by atoms with Crippen molar-refractivity contribution in [2.24, 2.45) is 5.73 Å². The second-order valence-corrected chi connectivity index (χ2v) is 5.53. The number of hydrogen-bond donors (Lipinski definition) is 1. The van der Waals surface area contributed by atoms with Gasteiger partial charge in [-0.05, 0) is 6.42 Å². The van der Waals surface area contributed by atoms with Crippen molar-refractivity contribution in [2.75, 3.05) is 20.1 Å². The van der Waals surface area contributed by atoms with Crippen molar-refractivity contribution < 1.29 is 14.2 Å². The summed E-state index contributed by atoms with van der Waals surface area (Å²) in [4.78, 5) is 22.2. The Morgan fingerprint density at radius 2 is 2.10 bits per heavy atom. The molecule has 1 aromatic heterocycles. The van der Waals surface area contributed by atoms with Gasteiger partial charge in [0.05, 0.1) is 25.1 Å². The molecule has 0 saturated carbocycles. The Hall–Kier alpha value is -1.96. The van der Waals surface area contributed by atoms with E-state index < -0.39 is 10.8 Å². The molecule has 2 N–H and O–H groups in total. The average Bonchev–Trinajstić information content (AvgIpc) is 2.93. The number of primary amides is 1. The van der Waals surface area contributed by atoms with Gasteiger partial charge in [0.25, 0.3) is 5.91 Å². The highest BCUT2D eigenvalue weighted by molar-refractivity contribution is 5.95. The highest BCUT2D eigenvalue weighted by Crippen LogP contribution is 2.26. The van der Waals surface area contributed by atoms with Crippen LogP contribution in [0.25, 0.3) is 0 Å². The van der Waals surface area contributed by atoms with Gasteiger partial charge in [-0.1, -0.05) is 6.92 Å². The number of amides is 1. The molecule has 2 heterocycles. The summed E-state index contributed by atoms with van der Waals surface area (Å²) in [5, 5.41) is 15.4. The van der Waals surface area contributed by atoms with Crippen molar-refractivity contribution in [3.8, 4) is 0 Å². The SMILES string of the molecule is CCc1nn(C[N+]2(C)CCCC2)c(C(N)=O)c1[N+](=O)[O-]. The largest absolute Gasteiger partial charge is 0.364 e. The van der Waals surface area contributed by atoms with Gasteiger partial charge in [0.2, 0.25) is 5.69 Å². The molecule has 8 nitrogen and oxygen atoms in total. The first-order valence-corrected chi connectivity index (χ1v) is 6.75. The minimum Gasteiger partial charge on any atom is -0.364 e. The summed E-state index contributed by atoms with van der Waals surface area (Å²) in [7, 11) is 2.07. The maximum Gasteiger partial charge on any atom is 0.323 e. The zero-order chi connectivity index (χ0) is 14.9. The van der Waals surface area contributed by atoms with Gasteiger partial charge in [0, 0.05) is 12.8 Å². The molecule has 1 aliphatic heterocycles. The Morgan fingerprint density at radius 3 is 2.55 bits per heavy atom. The molecular weight excluding hydrogens is 262 g/mol. The van der Waals surface area contributed by atoms with E-state index in [0.717, 1.165) is 30.4 Å². The number of nitro groups is 1. The van der Waals surface area contributed by atoms with Gasteiger partial charge < -0.3 is 10.2 Å². The molecule has 2 rings (SSSR count). The molecule has 0 unspecified atom stereocenters. The van der Waals surface area contributed by atoms with Crippen LogP contribution in [0.3, 0.4) is 0 Å². The number of aromatic nitrogens is 2. The number of nitrogens with zero attached hydrogens (tertiary/aromatic N) is 4. The van der Waals surface area contributed by atoms with Crippen molar-refractivity contribution in [1.82, 2.24) is 9.78 Å². The summed E-state index contributed by atoms with van der Waals surface area (Å²) >= 11 is 0. The summed E-state index contributed by atoms with van der Waals surface area (Å²) in [6, 6.07) is 0. The second kappa shape index (κ2) is 5.20. The molecule has 0 atom stereocenters. The van der Waals surface area contributed by atoms with E-state index in [4.69, 9.17) is 5.73 Å². The van der Waals surface area contributed by atoms with E-state index in [-0.39, 0.29) is 11.4 Å². The fourth-order valence-corrected chi connectivity index (χ4v) is 2.84. The van der Waals surface area contributed by atoms with Gasteiger partial charge in [-0.2, -0.15) is 5.10 Å². The third-order valence-corrected chi connectivity index (χ3v) is 3.87. The summed E-state index contributed by atoms with van der Waals surface area (Å²) < 4.78 is 2.15. The second-order valence-electron chi connectivity index (χ2n) is 5.53. The maximum absolute atomic E-state index is 11.6. The van der Waals surface area contributed by atoms with Crippen LogP contribution >= 0.6 is 0 Å². The topological polar surface area (TPSA) is 104 Å². The fourth-order valence-electron chi connectivity index (χ4n) is 2.84. The molecule has 1 aromatic rings. The zero-order valence-electron chi connectivity index (χ0n) is 11.8. The predicted molar refractivity (Wildman–Crippen MR) is 71.9 cm³/mol. The maximum atomic E-state index is 11.6. The van der Waals surface area contributed by atoms with Gasteiger partial charge in [-0.3, -0.25) is 14.9 Å². The first kappa shape index (κ1) is 14.4. The van der Waals surface area contributed by atoms with Crippen molar-refractivity contribution >= 4 is 11.6 Å². The van der Waals surface area contributed by atoms with Crippen LogP contribution in [0, 0.1) is 10.1 Å². The lowest BCUT2D eigenvalue weighted by Crippen LogP contribution is -2.43. The molecule has 8 heteroatoms. The third kappa shape index (κ3) is 2.51. The highest BCUT2D eigenvalue weighted by atomic mass is 16.6. The van der Waals surface area contributed by atoms with Crippen molar-refractivity contribution in [2.45, 2.75) is 32.9 Å². The van der Waals surface area contributed by atoms with Crippen LogP contribution in [-0.4, -0.2) is 45.2 Å². The molecule has 1 saturated heterocycles. The van der Waals surface area contributed by atoms with Crippen LogP contribution in [0.5, 0.6) is 0 Å². The normalized spacial score (nSPS) is 17.3. The number of nitrogens with two attached hydrogens (primary N) is 1. The highest BCUT2D eigenvalue weighted by Gasteiger charge is 2.35. The molecule has 1 amide bonds. The van der Waals surface area contributed by atoms with Crippen molar-refractivity contribution in [1.29, 1.82) is 0 Å². The van der Waals surface area contributed by atoms with E-state index in [1.807, 2.05) is 0 Å². The lowest BCUT2D eigenvalue weighted by atomic mass is 10.2. The van der Waals surface area contributed by atoms with Crippen LogP contribution in [0.15, 0.2) is 0 Å². The van der Waals surface area contributed by atoms with Gasteiger partial charge >= 0.3 is 5.69 Å². The summed E-state index contributed by atoms with van der Waals surface area (Å²) in [6.45, 7) is 4.18. The molecule has 0 bridgehead atoms. The molecular formula is C12H20N5O3+. The number of carbonyl (C=O) groups is 1. The Kier molecular flexibility index (Phi) is 3.76. The fraction of sp³-hybridized carbons (Fsp3) is 0.667. The first-order valence-electron chi connectivity index (χ1n) is 6.75. The van der Waals surface area contributed by atoms with Crippen molar-refractivity contribution in [3.05, 3.63) is 21.5 Å². The minimum absolute atomic E-state index is 0.0851. The van der Waals surface area contributed by atoms with E-state index >= 15 is 0 Å². The number of aryl methyl sites for hydroxylation is 1. The molecule has 0 aliphatic carbocycles. The monoisotopic (exact) mass is 282 g/mol. The number of quaternary nitrogens is 1. The molecule has 1 fully saturated rings. The van der Waals surface area contributed by atoms with Crippen molar-refractivity contribution in [3.63, 3.8) is 0 Å². The Morgan fingerprint density at radius 1 is 1.50 bits per heavy atom. The van der Waals surface area contributed by atoms with E-state index in [9.17, 15) is 14.9 Å². The molecule has 0 radical (unpaired) electrons. The van der Waals surface area contributed by atoms with Crippen LogP contribution in [0.2, 0.25) is 0 Å². The van der Waals surface area contributed by atoms with Gasteiger partial charge in [-0.15, -0.1) is 0 Å². The standard InChI is InChI=1S/C12H19N5O3/c1-3-9-10(16(19)20)11(12(13)18)15(14-9)8-17(2)6-4-5-7-17/h3-8H2,1-2H3,(H-,13,18)/p+1. The summed E-state index contributed by atoms with van der Waals surface area (Å²) in [6.07, 6.45) is 2.63. The number of rotatable bonds is 5. The van der Waals surface area contributed by atoms with E-state index in [1.165, 1.54) is 4.68 Å². The Labute approximate surface area is 116 Å². The van der Waals surface area contributed by atoms with Crippen LogP contribution < -0.4 is 5.73 Å². The molecule has 110 valence electrons. The lowest BCUT2D eigenvalue weighted by molar-refractivity contribution is -0.920. The van der Waals surface area contributed by atoms with Gasteiger partial charge in [0.1, 0.15) is 5.69 Å². The van der Waals surface area contributed by atoms with Crippen LogP contribution in [0.1, 0.15) is 35.9 Å². The molecule has 20 heavy (non-hydrogen) atoms. The summed E-state index contributed by atoms with van der Waals surface area (Å²) in [5.74, 6) is -0.797. The zero-order valence-corrected chi connectivity index (χ0v) is 11.8. The van der Waals surface area contributed by atoms with Gasteiger partial charge in [-0.25, -0.2) is 4.68 Å². The summed E-state index contributed by atoms with van der Waals surface area (Å²) in [5.41, 5.74) is 5.31. The number of likely N-dealkylation sites (tertiary alicyclic amines) is 1. The molecule has 1 aliphatic rings. The average molecular weight is 282 g/mol. The first-order chi connectivity index (χ1) is 9.38. The van der Waals surface area contributed by atoms with E-state index in [1.54, 1.807) is 6.92 Å².